The molecule has 1 aliphatic rings. The van der Waals surface area contributed by atoms with Crippen LogP contribution in [0.1, 0.15) is 22.7 Å². The van der Waals surface area contributed by atoms with Gasteiger partial charge in [-0.25, -0.2) is 0 Å². The van der Waals surface area contributed by atoms with Gasteiger partial charge in [0.05, 0.1) is 17.1 Å². The van der Waals surface area contributed by atoms with Gasteiger partial charge < -0.3 is 13.9 Å². The number of hydrogen-bond acceptors (Lipinski definition) is 2. The van der Waals surface area contributed by atoms with E-state index >= 15 is 0 Å². The van der Waals surface area contributed by atoms with Crippen molar-refractivity contribution in [2.75, 3.05) is 0 Å². The Morgan fingerprint density at radius 3 is 1.91 bits per heavy atom. The lowest BCUT2D eigenvalue weighted by Gasteiger charge is -2.29. The van der Waals surface area contributed by atoms with Crippen molar-refractivity contribution in [3.8, 4) is 11.5 Å². The zero-order chi connectivity index (χ0) is 21.5. The molecule has 4 heteroatoms. The second-order valence-electron chi connectivity index (χ2n) is 8.11. The predicted molar refractivity (Wildman–Crippen MR) is 131 cm³/mol. The number of ether oxygens (including phenoxy) is 1. The summed E-state index contributed by atoms with van der Waals surface area (Å²) in [5.41, 5.74) is 5.88. The Hall–Kier alpha value is -3.63. The molecule has 2 heterocycles. The number of rotatable bonds is 4. The van der Waals surface area contributed by atoms with Gasteiger partial charge in [-0.3, -0.25) is 0 Å². The number of nitrogens with zero attached hydrogens (tertiary/aromatic N) is 2. The van der Waals surface area contributed by atoms with Crippen molar-refractivity contribution in [1.82, 2.24) is 9.13 Å². The van der Waals surface area contributed by atoms with Gasteiger partial charge in [0.2, 0.25) is 0 Å². The minimum atomic E-state index is -0.0356. The average Bonchev–Trinajstić information content (AvgIpc) is 3.12. The lowest BCUT2D eigenvalue weighted by molar-refractivity contribution is 0.434. The molecule has 0 saturated carbocycles. The monoisotopic (exact) mass is 434 g/mol. The van der Waals surface area contributed by atoms with Crippen LogP contribution in [0.2, 0.25) is 0 Å². The zero-order valence-electron chi connectivity index (χ0n) is 17.5. The van der Waals surface area contributed by atoms with E-state index in [9.17, 15) is 0 Å². The second-order valence-corrected chi connectivity index (χ2v) is 8.47. The van der Waals surface area contributed by atoms with Crippen molar-refractivity contribution >= 4 is 23.3 Å². The molecular weight excluding hydrogens is 412 g/mol. The fourth-order valence-corrected chi connectivity index (χ4v) is 5.14. The first-order valence-corrected chi connectivity index (χ1v) is 11.3. The number of aryl methyl sites for hydroxylation is 2. The van der Waals surface area contributed by atoms with Crippen LogP contribution >= 0.6 is 12.2 Å². The molecule has 1 aromatic heterocycles. The van der Waals surface area contributed by atoms with Gasteiger partial charge in [-0.2, -0.15) is 0 Å². The summed E-state index contributed by atoms with van der Waals surface area (Å²) >= 11 is 6.13. The van der Waals surface area contributed by atoms with E-state index in [1.807, 2.05) is 24.3 Å². The maximum Gasteiger partial charge on any atom is 0.181 e. The average molecular weight is 435 g/mol. The molecule has 0 fully saturated rings. The summed E-state index contributed by atoms with van der Waals surface area (Å²) in [5.74, 6) is 1.78. The molecule has 6 rings (SSSR count). The van der Waals surface area contributed by atoms with Crippen molar-refractivity contribution in [2.24, 2.45) is 0 Å². The number of benzene rings is 4. The number of hydrogen-bond donors (Lipinski definition) is 0. The summed E-state index contributed by atoms with van der Waals surface area (Å²) in [4.78, 5) is 0. The molecule has 156 valence electrons. The highest BCUT2D eigenvalue weighted by molar-refractivity contribution is 7.71. The zero-order valence-corrected chi connectivity index (χ0v) is 18.3. The van der Waals surface area contributed by atoms with Gasteiger partial charge in [0.15, 0.2) is 4.77 Å². The van der Waals surface area contributed by atoms with Gasteiger partial charge in [0, 0.05) is 17.7 Å². The van der Waals surface area contributed by atoms with E-state index in [2.05, 4.69) is 88.0 Å². The third kappa shape index (κ3) is 3.07. The van der Waals surface area contributed by atoms with Crippen LogP contribution in [0.15, 0.2) is 103 Å². The highest BCUT2D eigenvalue weighted by Gasteiger charge is 2.30. The smallest absolute Gasteiger partial charge is 0.181 e. The Bertz CT molecular complexity index is 1440. The molecular formula is C28H22N2OS. The maximum atomic E-state index is 6.24. The van der Waals surface area contributed by atoms with Gasteiger partial charge in [-0.05, 0) is 48.5 Å². The molecule has 1 aliphatic heterocycles. The summed E-state index contributed by atoms with van der Waals surface area (Å²) in [6, 6.07) is 35.6. The van der Waals surface area contributed by atoms with Crippen molar-refractivity contribution < 1.29 is 4.74 Å². The van der Waals surface area contributed by atoms with Crippen LogP contribution in [-0.4, -0.2) is 9.13 Å². The van der Waals surface area contributed by atoms with Gasteiger partial charge in [0.25, 0.3) is 0 Å². The van der Waals surface area contributed by atoms with E-state index in [4.69, 9.17) is 17.0 Å². The molecule has 0 radical (unpaired) electrons. The third-order valence-corrected chi connectivity index (χ3v) is 6.66. The highest BCUT2D eigenvalue weighted by atomic mass is 32.1. The topological polar surface area (TPSA) is 19.1 Å². The van der Waals surface area contributed by atoms with Crippen LogP contribution in [0.3, 0.4) is 0 Å². The normalized spacial score (nSPS) is 12.9. The van der Waals surface area contributed by atoms with Crippen molar-refractivity contribution in [1.29, 1.82) is 0 Å². The fraction of sp³-hybridized carbons (Fsp3) is 0.107. The Morgan fingerprint density at radius 1 is 0.656 bits per heavy atom. The first-order valence-electron chi connectivity index (χ1n) is 10.9. The maximum absolute atomic E-state index is 6.24. The molecule has 0 aliphatic carbocycles. The molecule has 0 unspecified atom stereocenters. The summed E-state index contributed by atoms with van der Waals surface area (Å²) in [6.45, 7) is 0.836. The number of aromatic nitrogens is 2. The number of imidazole rings is 1. The van der Waals surface area contributed by atoms with Crippen LogP contribution in [0.4, 0.5) is 0 Å². The van der Waals surface area contributed by atoms with Crippen molar-refractivity contribution in [3.63, 3.8) is 0 Å². The summed E-state index contributed by atoms with van der Waals surface area (Å²) < 4.78 is 11.6. The largest absolute Gasteiger partial charge is 0.457 e. The number of fused-ring (bicyclic) bond motifs is 3. The van der Waals surface area contributed by atoms with E-state index in [1.54, 1.807) is 0 Å². The van der Waals surface area contributed by atoms with Crippen LogP contribution < -0.4 is 4.74 Å². The van der Waals surface area contributed by atoms with E-state index in [-0.39, 0.29) is 6.04 Å². The van der Waals surface area contributed by atoms with Crippen LogP contribution in [0.5, 0.6) is 11.5 Å². The molecule has 0 atom stereocenters. The highest BCUT2D eigenvalue weighted by Crippen LogP contribution is 2.45. The molecule has 0 spiro atoms. The molecule has 32 heavy (non-hydrogen) atoms. The van der Waals surface area contributed by atoms with E-state index in [1.165, 1.54) is 5.56 Å². The Balaban J connectivity index is 1.55. The lowest BCUT2D eigenvalue weighted by Crippen LogP contribution is -2.18. The van der Waals surface area contributed by atoms with E-state index < -0.39 is 0 Å². The summed E-state index contributed by atoms with van der Waals surface area (Å²) in [5, 5.41) is 0. The van der Waals surface area contributed by atoms with Crippen molar-refractivity contribution in [3.05, 3.63) is 125 Å². The minimum absolute atomic E-state index is 0.0356. The van der Waals surface area contributed by atoms with Crippen LogP contribution in [-0.2, 0) is 13.0 Å². The standard InChI is InChI=1S/C28H22N2OS/c32-28-29(19-18-20-10-2-1-3-11-20)23-14-6-7-15-24(23)30(28)27-21-12-4-8-16-25(21)31-26-17-9-5-13-22(26)27/h1-17,27H,18-19H2. The van der Waals surface area contributed by atoms with Gasteiger partial charge >= 0.3 is 0 Å². The Kier molecular flexibility index (Phi) is 4.66. The molecule has 0 bridgehead atoms. The quantitative estimate of drug-likeness (QED) is 0.274. The predicted octanol–water partition coefficient (Wildman–Crippen LogP) is 7.16. The molecule has 3 nitrogen and oxygen atoms in total. The molecule has 4 aromatic carbocycles. The second kappa shape index (κ2) is 7.81. The molecule has 0 amide bonds. The summed E-state index contributed by atoms with van der Waals surface area (Å²) in [6.07, 6.45) is 0.935. The minimum Gasteiger partial charge on any atom is -0.457 e. The van der Waals surface area contributed by atoms with Crippen LogP contribution in [0.25, 0.3) is 11.0 Å². The Morgan fingerprint density at radius 2 is 1.22 bits per heavy atom. The van der Waals surface area contributed by atoms with Gasteiger partial charge in [-0.15, -0.1) is 0 Å². The van der Waals surface area contributed by atoms with Gasteiger partial charge in [0.1, 0.15) is 11.5 Å². The number of para-hydroxylation sites is 4. The molecule has 0 saturated heterocycles. The van der Waals surface area contributed by atoms with E-state index in [0.717, 1.165) is 51.4 Å². The first kappa shape index (κ1) is 19.1. The third-order valence-electron chi connectivity index (χ3n) is 6.24. The van der Waals surface area contributed by atoms with Crippen LogP contribution in [0, 0.1) is 4.77 Å². The molecule has 5 aromatic rings. The fourth-order valence-electron chi connectivity index (χ4n) is 4.75. The van der Waals surface area contributed by atoms with E-state index in [0.29, 0.717) is 0 Å². The molecule has 0 N–H and O–H groups in total. The SMILES string of the molecule is S=c1n(CCc2ccccc2)c2ccccc2n1C1c2ccccc2Oc2ccccc21. The van der Waals surface area contributed by atoms with Gasteiger partial charge in [-0.1, -0.05) is 78.9 Å². The Labute approximate surface area is 192 Å². The van der Waals surface area contributed by atoms with Crippen molar-refractivity contribution in [2.45, 2.75) is 19.0 Å². The summed E-state index contributed by atoms with van der Waals surface area (Å²) in [7, 11) is 0. The lowest BCUT2D eigenvalue weighted by atomic mass is 9.94. The first-order chi connectivity index (χ1) is 15.8.